The van der Waals surface area contributed by atoms with Crippen LogP contribution in [0.1, 0.15) is 11.5 Å². The van der Waals surface area contributed by atoms with Crippen molar-refractivity contribution >= 4 is 12.3 Å². The molecule has 4 rings (SSSR count). The largest absolute Gasteiger partial charge is 0.454 e. The van der Waals surface area contributed by atoms with E-state index in [1.54, 1.807) is 16.7 Å². The number of piperazine rings is 1. The fraction of sp³-hybridized carbons (Fsp3) is 0.389. The molecule has 2 amide bonds. The highest BCUT2D eigenvalue weighted by atomic mass is 16.7. The molecule has 0 unspecified atom stereocenters. The van der Waals surface area contributed by atoms with Crippen molar-refractivity contribution in [2.75, 3.05) is 33.0 Å². The van der Waals surface area contributed by atoms with Crippen LogP contribution in [0.25, 0.3) is 11.5 Å². The van der Waals surface area contributed by atoms with Crippen LogP contribution in [-0.2, 0) is 16.0 Å². The monoisotopic (exact) mass is 357 g/mol. The van der Waals surface area contributed by atoms with Gasteiger partial charge < -0.3 is 23.7 Å². The molecule has 2 aliphatic heterocycles. The van der Waals surface area contributed by atoms with Gasteiger partial charge in [-0.05, 0) is 25.1 Å². The number of nitrogens with zero attached hydrogens (tertiary/aromatic N) is 3. The van der Waals surface area contributed by atoms with Crippen molar-refractivity contribution in [1.29, 1.82) is 0 Å². The maximum Gasteiger partial charge on any atom is 0.231 e. The lowest BCUT2D eigenvalue weighted by molar-refractivity contribution is -0.134. The van der Waals surface area contributed by atoms with Crippen LogP contribution in [0.15, 0.2) is 22.6 Å². The molecule has 1 saturated heterocycles. The molecule has 2 aromatic rings. The van der Waals surface area contributed by atoms with Crippen LogP contribution in [0.5, 0.6) is 11.5 Å². The summed E-state index contributed by atoms with van der Waals surface area (Å²) < 4.78 is 16.4. The highest BCUT2D eigenvalue weighted by Gasteiger charge is 2.23. The summed E-state index contributed by atoms with van der Waals surface area (Å²) in [7, 11) is 0. The minimum Gasteiger partial charge on any atom is -0.454 e. The van der Waals surface area contributed by atoms with E-state index in [-0.39, 0.29) is 19.1 Å². The van der Waals surface area contributed by atoms with Crippen molar-refractivity contribution in [2.24, 2.45) is 0 Å². The summed E-state index contributed by atoms with van der Waals surface area (Å²) in [6.07, 6.45) is 1.00. The number of rotatable bonds is 4. The smallest absolute Gasteiger partial charge is 0.231 e. The normalized spacial score (nSPS) is 16.0. The molecule has 8 nitrogen and oxygen atoms in total. The van der Waals surface area contributed by atoms with Crippen molar-refractivity contribution in [3.63, 3.8) is 0 Å². The Kier molecular flexibility index (Phi) is 4.24. The van der Waals surface area contributed by atoms with E-state index >= 15 is 0 Å². The highest BCUT2D eigenvalue weighted by molar-refractivity contribution is 5.79. The second-order valence-electron chi connectivity index (χ2n) is 6.29. The molecule has 1 fully saturated rings. The van der Waals surface area contributed by atoms with Gasteiger partial charge in [0.2, 0.25) is 25.0 Å². The van der Waals surface area contributed by atoms with Crippen molar-refractivity contribution in [3.8, 4) is 23.0 Å². The first-order chi connectivity index (χ1) is 12.6. The number of hydrogen-bond acceptors (Lipinski definition) is 6. The number of carbonyl (C=O) groups excluding carboxylic acids is 2. The van der Waals surface area contributed by atoms with Crippen LogP contribution in [-0.4, -0.2) is 60.1 Å². The van der Waals surface area contributed by atoms with Gasteiger partial charge in [0, 0.05) is 31.7 Å². The first-order valence-corrected chi connectivity index (χ1v) is 8.47. The lowest BCUT2D eigenvalue weighted by Gasteiger charge is -2.32. The van der Waals surface area contributed by atoms with Gasteiger partial charge in [-0.15, -0.1) is 0 Å². The third kappa shape index (κ3) is 3.10. The number of benzene rings is 1. The van der Waals surface area contributed by atoms with E-state index in [0.29, 0.717) is 55.0 Å². The van der Waals surface area contributed by atoms with Crippen LogP contribution < -0.4 is 9.47 Å². The van der Waals surface area contributed by atoms with Crippen molar-refractivity contribution in [1.82, 2.24) is 14.8 Å². The van der Waals surface area contributed by atoms with E-state index in [9.17, 15) is 9.59 Å². The lowest BCUT2D eigenvalue weighted by Crippen LogP contribution is -2.48. The Morgan fingerprint density at radius 3 is 2.73 bits per heavy atom. The molecule has 2 aliphatic rings. The Labute approximate surface area is 150 Å². The fourth-order valence-electron chi connectivity index (χ4n) is 3.08. The molecule has 0 bridgehead atoms. The Morgan fingerprint density at radius 2 is 1.96 bits per heavy atom. The van der Waals surface area contributed by atoms with Gasteiger partial charge in [0.15, 0.2) is 11.5 Å². The zero-order valence-electron chi connectivity index (χ0n) is 14.4. The van der Waals surface area contributed by atoms with Crippen LogP contribution in [0.2, 0.25) is 0 Å². The maximum absolute atomic E-state index is 12.5. The molecule has 0 saturated carbocycles. The van der Waals surface area contributed by atoms with Gasteiger partial charge >= 0.3 is 0 Å². The van der Waals surface area contributed by atoms with Crippen molar-refractivity contribution < 1.29 is 23.5 Å². The van der Waals surface area contributed by atoms with E-state index < -0.39 is 0 Å². The number of aryl methyl sites for hydroxylation is 1. The SMILES string of the molecule is Cc1oc(-c2ccc3c(c2)OCO3)nc1CC(=O)N1CCN(C=O)CC1. The van der Waals surface area contributed by atoms with Crippen molar-refractivity contribution in [3.05, 3.63) is 29.7 Å². The van der Waals surface area contributed by atoms with Gasteiger partial charge in [-0.2, -0.15) is 0 Å². The molecule has 0 radical (unpaired) electrons. The van der Waals surface area contributed by atoms with Gasteiger partial charge in [-0.1, -0.05) is 0 Å². The van der Waals surface area contributed by atoms with E-state index in [0.717, 1.165) is 12.0 Å². The number of amides is 2. The van der Waals surface area contributed by atoms with Crippen LogP contribution >= 0.6 is 0 Å². The molecule has 0 atom stereocenters. The minimum atomic E-state index is -0.0100. The standard InChI is InChI=1S/C18H19N3O5/c1-12-14(9-17(23)21-6-4-20(10-22)5-7-21)19-18(26-12)13-2-3-15-16(8-13)25-11-24-15/h2-3,8,10H,4-7,9,11H2,1H3. The van der Waals surface area contributed by atoms with Gasteiger partial charge in [0.05, 0.1) is 12.1 Å². The summed E-state index contributed by atoms with van der Waals surface area (Å²) in [4.78, 5) is 31.2. The second kappa shape index (κ2) is 6.70. The zero-order valence-corrected chi connectivity index (χ0v) is 14.4. The maximum atomic E-state index is 12.5. The van der Waals surface area contributed by atoms with Gasteiger partial charge in [0.1, 0.15) is 5.76 Å². The quantitative estimate of drug-likeness (QED) is 0.765. The predicted molar refractivity (Wildman–Crippen MR) is 90.7 cm³/mol. The average molecular weight is 357 g/mol. The van der Waals surface area contributed by atoms with E-state index in [2.05, 4.69) is 4.98 Å². The number of aromatic nitrogens is 1. The molecular formula is C18H19N3O5. The van der Waals surface area contributed by atoms with Gasteiger partial charge in [-0.25, -0.2) is 4.98 Å². The van der Waals surface area contributed by atoms with E-state index in [4.69, 9.17) is 13.9 Å². The summed E-state index contributed by atoms with van der Waals surface area (Å²) in [5, 5.41) is 0. The third-order valence-electron chi connectivity index (χ3n) is 4.65. The fourth-order valence-corrected chi connectivity index (χ4v) is 3.08. The first-order valence-electron chi connectivity index (χ1n) is 8.47. The molecule has 26 heavy (non-hydrogen) atoms. The Morgan fingerprint density at radius 1 is 1.19 bits per heavy atom. The molecule has 0 aliphatic carbocycles. The number of ether oxygens (including phenoxy) is 2. The molecule has 1 aromatic carbocycles. The molecule has 0 N–H and O–H groups in total. The van der Waals surface area contributed by atoms with Gasteiger partial charge in [0.25, 0.3) is 0 Å². The molecule has 136 valence electrons. The summed E-state index contributed by atoms with van der Waals surface area (Å²) in [6.45, 7) is 4.23. The lowest BCUT2D eigenvalue weighted by atomic mass is 10.2. The van der Waals surface area contributed by atoms with E-state index in [1.165, 1.54) is 0 Å². The Bertz CT molecular complexity index is 839. The summed E-state index contributed by atoms with van der Waals surface area (Å²) in [5.41, 5.74) is 1.40. The van der Waals surface area contributed by atoms with Crippen LogP contribution in [0.3, 0.4) is 0 Å². The molecule has 8 heteroatoms. The van der Waals surface area contributed by atoms with Crippen molar-refractivity contribution in [2.45, 2.75) is 13.3 Å². The highest BCUT2D eigenvalue weighted by Crippen LogP contribution is 2.36. The number of carbonyl (C=O) groups is 2. The Hall–Kier alpha value is -3.03. The molecular weight excluding hydrogens is 338 g/mol. The Balaban J connectivity index is 1.47. The van der Waals surface area contributed by atoms with E-state index in [1.807, 2.05) is 18.2 Å². The topological polar surface area (TPSA) is 85.1 Å². The number of fused-ring (bicyclic) bond motifs is 1. The molecule has 1 aromatic heterocycles. The van der Waals surface area contributed by atoms with Crippen LogP contribution in [0, 0.1) is 6.92 Å². The first kappa shape index (κ1) is 16.4. The van der Waals surface area contributed by atoms with Crippen LogP contribution in [0.4, 0.5) is 0 Å². The van der Waals surface area contributed by atoms with Gasteiger partial charge in [-0.3, -0.25) is 9.59 Å². The molecule has 0 spiro atoms. The molecule has 3 heterocycles. The summed E-state index contributed by atoms with van der Waals surface area (Å²) in [5.74, 6) is 2.42. The average Bonchev–Trinajstić information content (AvgIpc) is 3.28. The predicted octanol–water partition coefficient (Wildman–Crippen LogP) is 1.22. The summed E-state index contributed by atoms with van der Waals surface area (Å²) >= 11 is 0. The number of oxazole rings is 1. The zero-order chi connectivity index (χ0) is 18.1. The second-order valence-corrected chi connectivity index (χ2v) is 6.29. The summed E-state index contributed by atoms with van der Waals surface area (Å²) in [6, 6.07) is 5.48. The minimum absolute atomic E-state index is 0.0100. The third-order valence-corrected chi connectivity index (χ3v) is 4.65. The number of hydrogen-bond donors (Lipinski definition) is 0.